The number of ether oxygens (including phenoxy) is 1. The van der Waals surface area contributed by atoms with Crippen LogP contribution in [0.15, 0.2) is 23.4 Å². The van der Waals surface area contributed by atoms with E-state index in [1.54, 1.807) is 0 Å². The summed E-state index contributed by atoms with van der Waals surface area (Å²) in [6, 6.07) is 6.11. The summed E-state index contributed by atoms with van der Waals surface area (Å²) < 4.78 is 7.92. The lowest BCUT2D eigenvalue weighted by Gasteiger charge is -2.11. The maximum atomic E-state index is 12.3. The Labute approximate surface area is 184 Å². The molecule has 1 amide bonds. The molecule has 0 bridgehead atoms. The molecule has 0 atom stereocenters. The van der Waals surface area contributed by atoms with Gasteiger partial charge in [-0.15, -0.1) is 20.4 Å². The van der Waals surface area contributed by atoms with E-state index < -0.39 is 0 Å². The largest absolute Gasteiger partial charge is 0.485 e. The van der Waals surface area contributed by atoms with Crippen molar-refractivity contribution >= 4 is 34.1 Å². The van der Waals surface area contributed by atoms with E-state index >= 15 is 0 Å². The standard InChI is InChI=1S/C20H26N6O2S2/c1-6-26-16(10-28-15-9-13(4)7-8-14(15)5)22-25-20(26)29-11-17(27)21-19-24-23-18(30-19)12(2)3/h7-9,12H,6,10-11H2,1-5H3,(H,21,24,27). The van der Waals surface area contributed by atoms with Crippen molar-refractivity contribution < 1.29 is 9.53 Å². The smallest absolute Gasteiger partial charge is 0.236 e. The molecule has 0 aliphatic carbocycles. The third-order valence-electron chi connectivity index (χ3n) is 4.32. The summed E-state index contributed by atoms with van der Waals surface area (Å²) in [5, 5.41) is 21.5. The van der Waals surface area contributed by atoms with E-state index in [4.69, 9.17) is 4.74 Å². The van der Waals surface area contributed by atoms with Crippen molar-refractivity contribution in [1.29, 1.82) is 0 Å². The number of benzene rings is 1. The zero-order valence-corrected chi connectivity index (χ0v) is 19.4. The predicted octanol–water partition coefficient (Wildman–Crippen LogP) is 4.20. The quantitative estimate of drug-likeness (QED) is 0.492. The van der Waals surface area contributed by atoms with Gasteiger partial charge in [0.25, 0.3) is 0 Å². The monoisotopic (exact) mass is 446 g/mol. The van der Waals surface area contributed by atoms with Gasteiger partial charge in [-0.2, -0.15) is 0 Å². The second kappa shape index (κ2) is 10.0. The van der Waals surface area contributed by atoms with E-state index in [1.165, 1.54) is 23.1 Å². The van der Waals surface area contributed by atoms with Crippen LogP contribution in [0.3, 0.4) is 0 Å². The number of carbonyl (C=O) groups is 1. The fraction of sp³-hybridized carbons (Fsp3) is 0.450. The van der Waals surface area contributed by atoms with Gasteiger partial charge in [-0.1, -0.05) is 49.1 Å². The highest BCUT2D eigenvalue weighted by molar-refractivity contribution is 7.99. The molecule has 30 heavy (non-hydrogen) atoms. The Balaban J connectivity index is 1.58. The van der Waals surface area contributed by atoms with Gasteiger partial charge in [0.1, 0.15) is 17.4 Å². The van der Waals surface area contributed by atoms with Crippen LogP contribution >= 0.6 is 23.1 Å². The molecule has 2 heterocycles. The number of aryl methyl sites for hydroxylation is 2. The summed E-state index contributed by atoms with van der Waals surface area (Å²) in [5.74, 6) is 1.92. The number of rotatable bonds is 9. The first kappa shape index (κ1) is 22.2. The Morgan fingerprint density at radius 2 is 2.03 bits per heavy atom. The van der Waals surface area contributed by atoms with E-state index in [0.717, 1.165) is 27.7 Å². The minimum atomic E-state index is -0.148. The van der Waals surface area contributed by atoms with Gasteiger partial charge in [-0.3, -0.25) is 10.1 Å². The first-order valence-corrected chi connectivity index (χ1v) is 11.6. The molecule has 1 aromatic carbocycles. The van der Waals surface area contributed by atoms with Crippen molar-refractivity contribution in [3.8, 4) is 5.75 Å². The first-order valence-electron chi connectivity index (χ1n) is 9.75. The fourth-order valence-electron chi connectivity index (χ4n) is 2.66. The zero-order valence-electron chi connectivity index (χ0n) is 17.8. The number of amides is 1. The zero-order chi connectivity index (χ0) is 21.7. The Hall–Kier alpha value is -2.46. The second-order valence-corrected chi connectivity index (χ2v) is 9.09. The van der Waals surface area contributed by atoms with Gasteiger partial charge in [-0.25, -0.2) is 0 Å². The molecule has 2 aromatic heterocycles. The fourth-order valence-corrected chi connectivity index (χ4v) is 4.24. The molecular formula is C20H26N6O2S2. The maximum Gasteiger partial charge on any atom is 0.236 e. The molecule has 0 unspecified atom stereocenters. The first-order chi connectivity index (χ1) is 14.4. The number of hydrogen-bond donors (Lipinski definition) is 1. The summed E-state index contributed by atoms with van der Waals surface area (Å²) in [6.45, 7) is 11.2. The van der Waals surface area contributed by atoms with Gasteiger partial charge < -0.3 is 9.30 Å². The molecule has 10 heteroatoms. The van der Waals surface area contributed by atoms with Crippen LogP contribution in [0, 0.1) is 13.8 Å². The minimum Gasteiger partial charge on any atom is -0.485 e. The van der Waals surface area contributed by atoms with Crippen LogP contribution in [0.1, 0.15) is 48.6 Å². The minimum absolute atomic E-state index is 0.148. The van der Waals surface area contributed by atoms with E-state index in [0.29, 0.717) is 23.4 Å². The molecule has 0 saturated carbocycles. The summed E-state index contributed by atoms with van der Waals surface area (Å²) >= 11 is 2.73. The normalized spacial score (nSPS) is 11.1. The summed E-state index contributed by atoms with van der Waals surface area (Å²) in [6.07, 6.45) is 0. The van der Waals surface area contributed by atoms with Crippen molar-refractivity contribution in [3.05, 3.63) is 40.2 Å². The molecule has 0 radical (unpaired) electrons. The number of aromatic nitrogens is 5. The molecule has 3 rings (SSSR count). The Kier molecular flexibility index (Phi) is 7.43. The van der Waals surface area contributed by atoms with Crippen LogP contribution in [0.5, 0.6) is 5.75 Å². The van der Waals surface area contributed by atoms with Gasteiger partial charge in [-0.05, 0) is 38.0 Å². The highest BCUT2D eigenvalue weighted by Gasteiger charge is 2.15. The number of anilines is 1. The number of thioether (sulfide) groups is 1. The van der Waals surface area contributed by atoms with Gasteiger partial charge in [0.2, 0.25) is 11.0 Å². The molecule has 0 aliphatic rings. The molecule has 0 fully saturated rings. The van der Waals surface area contributed by atoms with Gasteiger partial charge >= 0.3 is 0 Å². The van der Waals surface area contributed by atoms with Gasteiger partial charge in [0.15, 0.2) is 11.0 Å². The second-order valence-electron chi connectivity index (χ2n) is 7.14. The molecule has 1 N–H and O–H groups in total. The van der Waals surface area contributed by atoms with E-state index in [-0.39, 0.29) is 17.6 Å². The highest BCUT2D eigenvalue weighted by atomic mass is 32.2. The third kappa shape index (κ3) is 5.57. The number of hydrogen-bond acceptors (Lipinski definition) is 8. The topological polar surface area (TPSA) is 94.8 Å². The molecule has 0 spiro atoms. The Bertz CT molecular complexity index is 1010. The van der Waals surface area contributed by atoms with Crippen molar-refractivity contribution in [2.24, 2.45) is 0 Å². The van der Waals surface area contributed by atoms with Crippen molar-refractivity contribution in [2.75, 3.05) is 11.1 Å². The average Bonchev–Trinajstić information content (AvgIpc) is 3.33. The average molecular weight is 447 g/mol. The van der Waals surface area contributed by atoms with Crippen molar-refractivity contribution in [3.63, 3.8) is 0 Å². The van der Waals surface area contributed by atoms with Crippen LogP contribution in [0.25, 0.3) is 0 Å². The lowest BCUT2D eigenvalue weighted by molar-refractivity contribution is -0.113. The SMILES string of the molecule is CCn1c(COc2cc(C)ccc2C)nnc1SCC(=O)Nc1nnc(C(C)C)s1. The molecular weight excluding hydrogens is 420 g/mol. The van der Waals surface area contributed by atoms with Crippen LogP contribution in [-0.4, -0.2) is 36.6 Å². The predicted molar refractivity (Wildman–Crippen MR) is 119 cm³/mol. The number of carbonyl (C=O) groups excluding carboxylic acids is 1. The highest BCUT2D eigenvalue weighted by Crippen LogP contribution is 2.24. The number of nitrogens with one attached hydrogen (secondary N) is 1. The van der Waals surface area contributed by atoms with Crippen LogP contribution in [0.4, 0.5) is 5.13 Å². The van der Waals surface area contributed by atoms with E-state index in [9.17, 15) is 4.79 Å². The summed E-state index contributed by atoms with van der Waals surface area (Å²) in [5.41, 5.74) is 2.22. The van der Waals surface area contributed by atoms with E-state index in [1.807, 2.05) is 51.3 Å². The molecule has 3 aromatic rings. The van der Waals surface area contributed by atoms with E-state index in [2.05, 4.69) is 31.8 Å². The van der Waals surface area contributed by atoms with Gasteiger partial charge in [0.05, 0.1) is 5.75 Å². The Morgan fingerprint density at radius 3 is 2.73 bits per heavy atom. The van der Waals surface area contributed by atoms with Crippen LogP contribution in [-0.2, 0) is 17.9 Å². The maximum absolute atomic E-state index is 12.3. The number of nitrogens with zero attached hydrogens (tertiary/aromatic N) is 5. The molecule has 0 aliphatic heterocycles. The van der Waals surface area contributed by atoms with Crippen LogP contribution in [0.2, 0.25) is 0 Å². The lowest BCUT2D eigenvalue weighted by atomic mass is 10.1. The third-order valence-corrected chi connectivity index (χ3v) is 6.43. The molecule has 8 nitrogen and oxygen atoms in total. The summed E-state index contributed by atoms with van der Waals surface area (Å²) in [7, 11) is 0. The van der Waals surface area contributed by atoms with Crippen molar-refractivity contribution in [2.45, 2.75) is 58.8 Å². The summed E-state index contributed by atoms with van der Waals surface area (Å²) in [4.78, 5) is 12.3. The Morgan fingerprint density at radius 1 is 1.23 bits per heavy atom. The van der Waals surface area contributed by atoms with Crippen molar-refractivity contribution in [1.82, 2.24) is 25.0 Å². The van der Waals surface area contributed by atoms with Gasteiger partial charge in [0, 0.05) is 12.5 Å². The molecule has 0 saturated heterocycles. The van der Waals surface area contributed by atoms with Crippen LogP contribution < -0.4 is 10.1 Å². The molecule has 160 valence electrons. The lowest BCUT2D eigenvalue weighted by Crippen LogP contribution is -2.14.